The molecule has 0 aliphatic carbocycles. The van der Waals surface area contributed by atoms with Crippen molar-refractivity contribution in [3.05, 3.63) is 54.1 Å². The molecule has 0 spiro atoms. The number of hydrogen-bond donors (Lipinski definition) is 1. The van der Waals surface area contributed by atoms with Crippen molar-refractivity contribution in [1.29, 1.82) is 0 Å². The number of anilines is 2. The molecular weight excluding hydrogens is 420 g/mol. The van der Waals surface area contributed by atoms with Crippen LogP contribution in [-0.4, -0.2) is 24.2 Å². The minimum absolute atomic E-state index is 0.0344. The van der Waals surface area contributed by atoms with Gasteiger partial charge in [0.15, 0.2) is 0 Å². The van der Waals surface area contributed by atoms with Gasteiger partial charge in [-0.25, -0.2) is 0 Å². The minimum atomic E-state index is -0.124. The number of nitrogens with one attached hydrogen (secondary N) is 1. The second kappa shape index (κ2) is 10.4. The Morgan fingerprint density at radius 2 is 1.88 bits per heavy atom. The zero-order chi connectivity index (χ0) is 23.3. The summed E-state index contributed by atoms with van der Waals surface area (Å²) in [5.74, 6) is 1.57. The molecule has 1 heterocycles. The molecule has 2 amide bonds. The van der Waals surface area contributed by atoms with Crippen LogP contribution in [0.15, 0.2) is 48.5 Å². The standard InChI is InChI=1S/C26H34N2O3S/c1-6-31-22-10-8-7-9-21(22)28-24(30)17-32-25(28)19-11-13-20(14-12-19)27-23(29)15-18(2)16-26(3,4)5/h7-14,18,25H,6,15-17H2,1-5H3,(H,27,29)/t18-,25+/m0/s1. The fourth-order valence-corrected chi connectivity index (χ4v) is 5.41. The lowest BCUT2D eigenvalue weighted by molar-refractivity contribution is -0.117. The normalized spacial score (nSPS) is 17.3. The van der Waals surface area contributed by atoms with Gasteiger partial charge in [0.05, 0.1) is 18.0 Å². The summed E-state index contributed by atoms with van der Waals surface area (Å²) >= 11 is 1.60. The number of ether oxygens (including phenoxy) is 1. The van der Waals surface area contributed by atoms with E-state index in [-0.39, 0.29) is 22.6 Å². The number of thioether (sulfide) groups is 1. The van der Waals surface area contributed by atoms with Gasteiger partial charge in [0, 0.05) is 12.1 Å². The summed E-state index contributed by atoms with van der Waals surface area (Å²) in [5, 5.41) is 2.88. The van der Waals surface area contributed by atoms with Gasteiger partial charge in [-0.3, -0.25) is 14.5 Å². The number of benzene rings is 2. The molecule has 0 bridgehead atoms. The summed E-state index contributed by atoms with van der Waals surface area (Å²) in [4.78, 5) is 27.0. The highest BCUT2D eigenvalue weighted by atomic mass is 32.2. The summed E-state index contributed by atoms with van der Waals surface area (Å²) in [6.07, 6.45) is 1.51. The molecule has 0 radical (unpaired) electrons. The third-order valence-corrected chi connectivity index (χ3v) is 6.48. The van der Waals surface area contributed by atoms with E-state index in [1.54, 1.807) is 11.8 Å². The average molecular weight is 455 g/mol. The third kappa shape index (κ3) is 6.28. The van der Waals surface area contributed by atoms with E-state index in [1.807, 2.05) is 60.4 Å². The predicted octanol–water partition coefficient (Wildman–Crippen LogP) is 6.26. The van der Waals surface area contributed by atoms with E-state index in [4.69, 9.17) is 4.74 Å². The fourth-order valence-electron chi connectivity index (χ4n) is 4.24. The Kier molecular flexibility index (Phi) is 7.88. The lowest BCUT2D eigenvalue weighted by Gasteiger charge is -2.26. The first-order valence-electron chi connectivity index (χ1n) is 11.2. The second-order valence-electron chi connectivity index (χ2n) is 9.57. The van der Waals surface area contributed by atoms with Crippen molar-refractivity contribution in [2.24, 2.45) is 11.3 Å². The van der Waals surface area contributed by atoms with Crippen LogP contribution in [0.2, 0.25) is 0 Å². The molecule has 2 aromatic rings. The van der Waals surface area contributed by atoms with Gasteiger partial charge < -0.3 is 10.1 Å². The smallest absolute Gasteiger partial charge is 0.238 e. The van der Waals surface area contributed by atoms with E-state index in [0.29, 0.717) is 30.4 Å². The largest absolute Gasteiger partial charge is 0.492 e. The predicted molar refractivity (Wildman–Crippen MR) is 133 cm³/mol. The lowest BCUT2D eigenvalue weighted by atomic mass is 9.84. The van der Waals surface area contributed by atoms with Crippen molar-refractivity contribution in [2.45, 2.75) is 52.8 Å². The first-order valence-corrected chi connectivity index (χ1v) is 12.3. The summed E-state index contributed by atoms with van der Waals surface area (Å²) in [6, 6.07) is 15.5. The average Bonchev–Trinajstić information content (AvgIpc) is 3.09. The van der Waals surface area contributed by atoms with Crippen LogP contribution >= 0.6 is 11.8 Å². The van der Waals surface area contributed by atoms with Crippen molar-refractivity contribution in [3.8, 4) is 5.75 Å². The zero-order valence-corrected chi connectivity index (χ0v) is 20.5. The Morgan fingerprint density at radius 1 is 1.19 bits per heavy atom. The van der Waals surface area contributed by atoms with Gasteiger partial charge in [0.2, 0.25) is 11.8 Å². The van der Waals surface area contributed by atoms with Crippen LogP contribution in [0.5, 0.6) is 5.75 Å². The van der Waals surface area contributed by atoms with E-state index in [0.717, 1.165) is 23.4 Å². The monoisotopic (exact) mass is 454 g/mol. The number of rotatable bonds is 8. The molecule has 32 heavy (non-hydrogen) atoms. The Hall–Kier alpha value is -2.47. The van der Waals surface area contributed by atoms with Crippen LogP contribution in [0.3, 0.4) is 0 Å². The van der Waals surface area contributed by atoms with Crippen molar-refractivity contribution >= 4 is 35.0 Å². The summed E-state index contributed by atoms with van der Waals surface area (Å²) < 4.78 is 5.76. The van der Waals surface area contributed by atoms with E-state index in [1.165, 1.54) is 0 Å². The van der Waals surface area contributed by atoms with Gasteiger partial charge in [-0.15, -0.1) is 11.8 Å². The quantitative estimate of drug-likeness (QED) is 0.511. The molecule has 0 aromatic heterocycles. The van der Waals surface area contributed by atoms with Crippen LogP contribution in [-0.2, 0) is 9.59 Å². The van der Waals surface area contributed by atoms with Crippen molar-refractivity contribution < 1.29 is 14.3 Å². The Balaban J connectivity index is 1.70. The first kappa shape index (κ1) is 24.2. The molecule has 1 aliphatic heterocycles. The van der Waals surface area contributed by atoms with E-state index in [2.05, 4.69) is 33.0 Å². The molecule has 1 fully saturated rings. The zero-order valence-electron chi connectivity index (χ0n) is 19.7. The maximum absolute atomic E-state index is 12.7. The van der Waals surface area contributed by atoms with Gasteiger partial charge in [0.25, 0.3) is 0 Å². The Labute approximate surface area is 195 Å². The lowest BCUT2D eigenvalue weighted by Crippen LogP contribution is -2.28. The summed E-state index contributed by atoms with van der Waals surface area (Å²) in [5.41, 5.74) is 2.80. The number of carbonyl (C=O) groups is 2. The minimum Gasteiger partial charge on any atom is -0.492 e. The maximum atomic E-state index is 12.7. The molecule has 0 unspecified atom stereocenters. The summed E-state index contributed by atoms with van der Waals surface area (Å²) in [7, 11) is 0. The molecule has 6 heteroatoms. The van der Waals surface area contributed by atoms with Crippen molar-refractivity contribution in [1.82, 2.24) is 0 Å². The van der Waals surface area contributed by atoms with Crippen LogP contribution in [0.25, 0.3) is 0 Å². The maximum Gasteiger partial charge on any atom is 0.238 e. The number of amides is 2. The topological polar surface area (TPSA) is 58.6 Å². The number of hydrogen-bond acceptors (Lipinski definition) is 4. The van der Waals surface area contributed by atoms with E-state index >= 15 is 0 Å². The highest BCUT2D eigenvalue weighted by Crippen LogP contribution is 2.44. The van der Waals surface area contributed by atoms with Gasteiger partial charge in [0.1, 0.15) is 11.1 Å². The van der Waals surface area contributed by atoms with Crippen molar-refractivity contribution in [2.75, 3.05) is 22.6 Å². The van der Waals surface area contributed by atoms with Gasteiger partial charge in [-0.2, -0.15) is 0 Å². The molecule has 172 valence electrons. The van der Waals surface area contributed by atoms with Crippen LogP contribution in [0.4, 0.5) is 11.4 Å². The van der Waals surface area contributed by atoms with Crippen LogP contribution in [0, 0.1) is 11.3 Å². The van der Waals surface area contributed by atoms with Gasteiger partial charge in [-0.1, -0.05) is 52.0 Å². The molecule has 3 rings (SSSR count). The molecule has 1 N–H and O–H groups in total. The number of nitrogens with zero attached hydrogens (tertiary/aromatic N) is 1. The molecule has 2 aromatic carbocycles. The highest BCUT2D eigenvalue weighted by molar-refractivity contribution is 8.00. The first-order chi connectivity index (χ1) is 15.2. The van der Waals surface area contributed by atoms with Crippen LogP contribution in [0.1, 0.15) is 58.4 Å². The van der Waals surface area contributed by atoms with Crippen LogP contribution < -0.4 is 15.0 Å². The highest BCUT2D eigenvalue weighted by Gasteiger charge is 2.35. The van der Waals surface area contributed by atoms with Crippen molar-refractivity contribution in [3.63, 3.8) is 0 Å². The number of para-hydroxylation sites is 2. The number of carbonyl (C=O) groups excluding carboxylic acids is 2. The second-order valence-corrected chi connectivity index (χ2v) is 10.6. The molecule has 0 saturated carbocycles. The third-order valence-electron chi connectivity index (χ3n) is 5.27. The fraction of sp³-hybridized carbons (Fsp3) is 0.462. The molecule has 5 nitrogen and oxygen atoms in total. The molecular formula is C26H34N2O3S. The van der Waals surface area contributed by atoms with Gasteiger partial charge >= 0.3 is 0 Å². The SMILES string of the molecule is CCOc1ccccc1N1C(=O)CS[C@@H]1c1ccc(NC(=O)C[C@H](C)CC(C)(C)C)cc1. The molecule has 1 saturated heterocycles. The Morgan fingerprint density at radius 3 is 2.53 bits per heavy atom. The van der Waals surface area contributed by atoms with Gasteiger partial charge in [-0.05, 0) is 54.5 Å². The summed E-state index contributed by atoms with van der Waals surface area (Å²) in [6.45, 7) is 11.2. The van der Waals surface area contributed by atoms with E-state index in [9.17, 15) is 9.59 Å². The molecule has 2 atom stereocenters. The van der Waals surface area contributed by atoms with E-state index < -0.39 is 0 Å². The molecule has 1 aliphatic rings. The Bertz CT molecular complexity index is 937.